The molecule has 0 aliphatic carbocycles. The van der Waals surface area contributed by atoms with Crippen molar-refractivity contribution in [3.63, 3.8) is 0 Å². The van der Waals surface area contributed by atoms with Gasteiger partial charge < -0.3 is 11.1 Å². The Morgan fingerprint density at radius 1 is 1.07 bits per heavy atom. The lowest BCUT2D eigenvalue weighted by atomic mass is 10.1. The monoisotopic (exact) mass is 399 g/mol. The summed E-state index contributed by atoms with van der Waals surface area (Å²) < 4.78 is 2.49. The lowest BCUT2D eigenvalue weighted by molar-refractivity contribution is -0.125. The van der Waals surface area contributed by atoms with Gasteiger partial charge in [-0.05, 0) is 29.8 Å². The van der Waals surface area contributed by atoms with E-state index in [2.05, 4.69) is 10.4 Å². The van der Waals surface area contributed by atoms with Crippen molar-refractivity contribution in [1.29, 1.82) is 0 Å². The number of benzene rings is 2. The number of rotatable bonds is 7. The number of nitrogens with one attached hydrogen (secondary N) is 1. The second-order valence-corrected chi connectivity index (χ2v) is 6.52. The average Bonchev–Trinajstić information content (AvgIpc) is 2.97. The van der Waals surface area contributed by atoms with Gasteiger partial charge in [-0.1, -0.05) is 41.9 Å². The number of halogens is 1. The van der Waals surface area contributed by atoms with Gasteiger partial charge >= 0.3 is 5.69 Å². The zero-order valence-electron chi connectivity index (χ0n) is 14.8. The zero-order chi connectivity index (χ0) is 20.1. The number of carbonyl (C=O) groups is 2. The highest BCUT2D eigenvalue weighted by molar-refractivity contribution is 6.30. The number of hydrogen-bond donors (Lipinski definition) is 2. The van der Waals surface area contributed by atoms with Crippen LogP contribution < -0.4 is 16.7 Å². The third kappa shape index (κ3) is 4.66. The maximum atomic E-state index is 12.9. The average molecular weight is 400 g/mol. The smallest absolute Gasteiger partial charge is 0.351 e. The van der Waals surface area contributed by atoms with E-state index < -0.39 is 17.5 Å². The molecule has 0 saturated carbocycles. The van der Waals surface area contributed by atoms with Crippen LogP contribution in [0.1, 0.15) is 11.4 Å². The molecule has 0 aliphatic heterocycles. The number of nitrogens with zero attached hydrogens (tertiary/aromatic N) is 3. The fraction of sp³-hybridized carbons (Fsp3) is 0.158. The fourth-order valence-electron chi connectivity index (χ4n) is 2.64. The minimum atomic E-state index is -0.665. The number of amides is 2. The molecule has 28 heavy (non-hydrogen) atoms. The first-order valence-corrected chi connectivity index (χ1v) is 8.85. The second-order valence-electron chi connectivity index (χ2n) is 6.08. The van der Waals surface area contributed by atoms with Gasteiger partial charge in [0.25, 0.3) is 0 Å². The van der Waals surface area contributed by atoms with Crippen molar-refractivity contribution in [1.82, 2.24) is 19.7 Å². The number of nitrogens with two attached hydrogens (primary N) is 1. The molecule has 0 saturated heterocycles. The number of carbonyl (C=O) groups excluding carboxylic acids is 2. The van der Waals surface area contributed by atoms with Crippen molar-refractivity contribution in [3.8, 4) is 5.69 Å². The summed E-state index contributed by atoms with van der Waals surface area (Å²) in [6.45, 7) is -0.575. The van der Waals surface area contributed by atoms with Crippen LogP contribution in [-0.4, -0.2) is 32.7 Å². The Kier molecular flexibility index (Phi) is 5.90. The van der Waals surface area contributed by atoms with E-state index in [0.29, 0.717) is 23.0 Å². The molecule has 0 bridgehead atoms. The molecule has 2 amide bonds. The van der Waals surface area contributed by atoms with Gasteiger partial charge in [0.05, 0.1) is 12.2 Å². The van der Waals surface area contributed by atoms with E-state index in [0.717, 1.165) is 5.56 Å². The van der Waals surface area contributed by atoms with Gasteiger partial charge in [0.2, 0.25) is 11.8 Å². The Balaban J connectivity index is 1.97. The summed E-state index contributed by atoms with van der Waals surface area (Å²) in [5.41, 5.74) is 6.04. The fourth-order valence-corrected chi connectivity index (χ4v) is 2.77. The largest absolute Gasteiger partial charge is 0.368 e. The van der Waals surface area contributed by atoms with Crippen molar-refractivity contribution in [2.45, 2.75) is 13.0 Å². The van der Waals surface area contributed by atoms with Gasteiger partial charge in [0.15, 0.2) is 0 Å². The standard InChI is InChI=1S/C19H18ClN5O3/c20-14-6-8-15(9-7-14)25-19(28)24(12-18(27)22-11-16(21)26)17(23-25)10-13-4-2-1-3-5-13/h1-9H,10-12H2,(H2,21,26)(H,22,27). The van der Waals surface area contributed by atoms with Crippen LogP contribution in [0, 0.1) is 0 Å². The second kappa shape index (κ2) is 8.53. The van der Waals surface area contributed by atoms with Crippen LogP contribution in [0.4, 0.5) is 0 Å². The van der Waals surface area contributed by atoms with Gasteiger partial charge in [0.1, 0.15) is 12.4 Å². The predicted octanol–water partition coefficient (Wildman–Crippen LogP) is 0.880. The molecule has 0 fully saturated rings. The molecule has 0 atom stereocenters. The van der Waals surface area contributed by atoms with Crippen molar-refractivity contribution >= 4 is 23.4 Å². The van der Waals surface area contributed by atoms with Gasteiger partial charge in [-0.25, -0.2) is 4.79 Å². The molecular weight excluding hydrogens is 382 g/mol. The summed E-state index contributed by atoms with van der Waals surface area (Å²) >= 11 is 5.91. The molecule has 144 valence electrons. The zero-order valence-corrected chi connectivity index (χ0v) is 15.6. The van der Waals surface area contributed by atoms with Crippen LogP contribution in [0.25, 0.3) is 5.69 Å². The summed E-state index contributed by atoms with van der Waals surface area (Å²) in [5, 5.41) is 7.32. The van der Waals surface area contributed by atoms with Crippen LogP contribution in [-0.2, 0) is 22.6 Å². The van der Waals surface area contributed by atoms with Crippen LogP contribution >= 0.6 is 11.6 Å². The first-order chi connectivity index (χ1) is 13.4. The molecule has 3 aromatic rings. The van der Waals surface area contributed by atoms with E-state index >= 15 is 0 Å². The normalized spacial score (nSPS) is 10.6. The van der Waals surface area contributed by atoms with Crippen molar-refractivity contribution in [3.05, 3.63) is 81.5 Å². The molecule has 3 rings (SSSR count). The van der Waals surface area contributed by atoms with E-state index in [1.54, 1.807) is 24.3 Å². The topological polar surface area (TPSA) is 112 Å². The van der Waals surface area contributed by atoms with Crippen LogP contribution in [0.15, 0.2) is 59.4 Å². The highest BCUT2D eigenvalue weighted by Crippen LogP contribution is 2.13. The lowest BCUT2D eigenvalue weighted by Gasteiger charge is -2.06. The minimum Gasteiger partial charge on any atom is -0.368 e. The molecule has 3 N–H and O–H groups in total. The third-order valence-corrected chi connectivity index (χ3v) is 4.23. The number of aromatic nitrogens is 3. The molecule has 0 spiro atoms. The molecule has 8 nitrogen and oxygen atoms in total. The van der Waals surface area contributed by atoms with Crippen LogP contribution in [0.2, 0.25) is 5.02 Å². The van der Waals surface area contributed by atoms with Gasteiger partial charge in [0, 0.05) is 11.4 Å². The summed E-state index contributed by atoms with van der Waals surface area (Å²) in [5.74, 6) is -0.756. The highest BCUT2D eigenvalue weighted by atomic mass is 35.5. The van der Waals surface area contributed by atoms with Crippen molar-refractivity contribution in [2.24, 2.45) is 5.73 Å². The van der Waals surface area contributed by atoms with Crippen LogP contribution in [0.5, 0.6) is 0 Å². The number of hydrogen-bond acceptors (Lipinski definition) is 4. The van der Waals surface area contributed by atoms with Crippen molar-refractivity contribution in [2.75, 3.05) is 6.54 Å². The summed E-state index contributed by atoms with van der Waals surface area (Å²) in [6.07, 6.45) is 0.361. The number of primary amides is 1. The maximum absolute atomic E-state index is 12.9. The molecule has 1 heterocycles. The van der Waals surface area contributed by atoms with Gasteiger partial charge in [-0.3, -0.25) is 14.2 Å². The molecule has 0 unspecified atom stereocenters. The first-order valence-electron chi connectivity index (χ1n) is 8.47. The molecular formula is C19H18ClN5O3. The van der Waals surface area contributed by atoms with E-state index in [1.165, 1.54) is 9.25 Å². The Labute approximate surface area is 165 Å². The molecule has 0 aliphatic rings. The highest BCUT2D eigenvalue weighted by Gasteiger charge is 2.17. The Hall–Kier alpha value is -3.39. The summed E-state index contributed by atoms with van der Waals surface area (Å²) in [7, 11) is 0. The van der Waals surface area contributed by atoms with E-state index in [4.69, 9.17) is 17.3 Å². The summed E-state index contributed by atoms with van der Waals surface area (Å²) in [4.78, 5) is 35.9. The molecule has 9 heteroatoms. The summed E-state index contributed by atoms with van der Waals surface area (Å²) in [6, 6.07) is 16.1. The molecule has 1 aromatic heterocycles. The maximum Gasteiger partial charge on any atom is 0.351 e. The van der Waals surface area contributed by atoms with E-state index in [-0.39, 0.29) is 13.1 Å². The Morgan fingerprint density at radius 2 is 1.75 bits per heavy atom. The predicted molar refractivity (Wildman–Crippen MR) is 104 cm³/mol. The van der Waals surface area contributed by atoms with E-state index in [9.17, 15) is 14.4 Å². The Morgan fingerprint density at radius 3 is 2.39 bits per heavy atom. The molecule has 2 aromatic carbocycles. The quantitative estimate of drug-likeness (QED) is 0.614. The van der Waals surface area contributed by atoms with Crippen molar-refractivity contribution < 1.29 is 9.59 Å². The van der Waals surface area contributed by atoms with Crippen LogP contribution in [0.3, 0.4) is 0 Å². The minimum absolute atomic E-state index is 0.276. The van der Waals surface area contributed by atoms with Gasteiger partial charge in [-0.15, -0.1) is 5.10 Å². The third-order valence-electron chi connectivity index (χ3n) is 3.98. The SMILES string of the molecule is NC(=O)CNC(=O)Cn1c(Cc2ccccc2)nn(-c2ccc(Cl)cc2)c1=O. The lowest BCUT2D eigenvalue weighted by Crippen LogP contribution is -2.38. The Bertz CT molecular complexity index is 1040. The van der Waals surface area contributed by atoms with Gasteiger partial charge in [-0.2, -0.15) is 4.68 Å². The van der Waals surface area contributed by atoms with E-state index in [1.807, 2.05) is 30.3 Å². The first kappa shape index (κ1) is 19.4. The molecule has 0 radical (unpaired) electrons.